The minimum Gasteiger partial charge on any atom is -0.345 e. The van der Waals surface area contributed by atoms with Crippen LogP contribution in [0.3, 0.4) is 0 Å². The first-order valence-electron chi connectivity index (χ1n) is 8.22. The number of nitrogens with zero attached hydrogens (tertiary/aromatic N) is 2. The normalized spacial score (nSPS) is 15.8. The zero-order valence-electron chi connectivity index (χ0n) is 14.2. The highest BCUT2D eigenvalue weighted by molar-refractivity contribution is 7.89. The summed E-state index contributed by atoms with van der Waals surface area (Å²) in [4.78, 5) is 12.7. The van der Waals surface area contributed by atoms with Crippen molar-refractivity contribution in [3.63, 3.8) is 0 Å². The molecule has 2 aromatic rings. The van der Waals surface area contributed by atoms with Crippen molar-refractivity contribution in [2.45, 2.75) is 24.2 Å². The summed E-state index contributed by atoms with van der Waals surface area (Å²) < 4.78 is 28.5. The standard InChI is InChI=1S/C17H19Cl2N3O3S/c1-21-11-13(26(24,25)22-7-3-2-4-8-22)10-16(21)17(23)20-12-5-6-14(18)15(19)9-12/h5-6,9-11H,2-4,7-8H2,1H3,(H,20,23). The van der Waals surface area contributed by atoms with Gasteiger partial charge in [-0.05, 0) is 37.1 Å². The van der Waals surface area contributed by atoms with Crippen molar-refractivity contribution in [3.05, 3.63) is 46.2 Å². The van der Waals surface area contributed by atoms with Crippen molar-refractivity contribution >= 4 is 44.8 Å². The minimum absolute atomic E-state index is 0.126. The van der Waals surface area contributed by atoms with E-state index < -0.39 is 15.9 Å². The van der Waals surface area contributed by atoms with Gasteiger partial charge in [0.15, 0.2) is 0 Å². The van der Waals surface area contributed by atoms with Crippen LogP contribution >= 0.6 is 23.2 Å². The first kappa shape index (κ1) is 19.2. The van der Waals surface area contributed by atoms with Crippen molar-refractivity contribution in [1.82, 2.24) is 8.87 Å². The molecular formula is C17H19Cl2N3O3S. The predicted octanol–water partition coefficient (Wildman–Crippen LogP) is 3.76. The third kappa shape index (κ3) is 3.91. The Morgan fingerprint density at radius 1 is 1.08 bits per heavy atom. The maximum absolute atomic E-state index is 12.8. The molecule has 0 bridgehead atoms. The number of rotatable bonds is 4. The highest BCUT2D eigenvalue weighted by Crippen LogP contribution is 2.26. The highest BCUT2D eigenvalue weighted by atomic mass is 35.5. The van der Waals surface area contributed by atoms with Gasteiger partial charge in [-0.1, -0.05) is 29.6 Å². The molecule has 26 heavy (non-hydrogen) atoms. The van der Waals surface area contributed by atoms with E-state index in [1.165, 1.54) is 27.2 Å². The van der Waals surface area contributed by atoms with Crippen LogP contribution in [0.5, 0.6) is 0 Å². The number of nitrogens with one attached hydrogen (secondary N) is 1. The molecule has 9 heteroatoms. The molecular weight excluding hydrogens is 397 g/mol. The predicted molar refractivity (Wildman–Crippen MR) is 102 cm³/mol. The molecule has 2 heterocycles. The number of aromatic nitrogens is 1. The van der Waals surface area contributed by atoms with Crippen LogP contribution in [-0.2, 0) is 17.1 Å². The summed E-state index contributed by atoms with van der Waals surface area (Å²) in [6, 6.07) is 6.14. The molecule has 1 aromatic carbocycles. The average Bonchev–Trinajstić information content (AvgIpc) is 3.02. The molecule has 0 saturated carbocycles. The number of sulfonamides is 1. The molecule has 6 nitrogen and oxygen atoms in total. The van der Waals surface area contributed by atoms with Gasteiger partial charge in [0.25, 0.3) is 5.91 Å². The number of benzene rings is 1. The van der Waals surface area contributed by atoms with Crippen molar-refractivity contribution < 1.29 is 13.2 Å². The number of aryl methyl sites for hydroxylation is 1. The molecule has 0 unspecified atom stereocenters. The van der Waals surface area contributed by atoms with E-state index in [0.717, 1.165) is 19.3 Å². The topological polar surface area (TPSA) is 71.4 Å². The van der Waals surface area contributed by atoms with Crippen LogP contribution in [0.2, 0.25) is 10.0 Å². The molecule has 1 amide bonds. The molecule has 140 valence electrons. The lowest BCUT2D eigenvalue weighted by Gasteiger charge is -2.25. The summed E-state index contributed by atoms with van der Waals surface area (Å²) >= 11 is 11.8. The lowest BCUT2D eigenvalue weighted by Crippen LogP contribution is -2.35. The molecule has 1 aliphatic rings. The quantitative estimate of drug-likeness (QED) is 0.825. The summed E-state index contributed by atoms with van der Waals surface area (Å²) in [7, 11) is -1.95. The Morgan fingerprint density at radius 3 is 2.42 bits per heavy atom. The summed E-state index contributed by atoms with van der Waals surface area (Å²) in [6.45, 7) is 1.03. The number of carbonyl (C=O) groups excluding carboxylic acids is 1. The number of piperidine rings is 1. The molecule has 0 radical (unpaired) electrons. The van der Waals surface area contributed by atoms with Crippen LogP contribution in [0, 0.1) is 0 Å². The van der Waals surface area contributed by atoms with Gasteiger partial charge in [-0.25, -0.2) is 8.42 Å². The van der Waals surface area contributed by atoms with E-state index in [-0.39, 0.29) is 10.6 Å². The second-order valence-corrected chi connectivity index (χ2v) is 8.97. The van der Waals surface area contributed by atoms with Crippen molar-refractivity contribution in [1.29, 1.82) is 0 Å². The molecule has 0 atom stereocenters. The molecule has 1 fully saturated rings. The van der Waals surface area contributed by atoms with Gasteiger partial charge in [0.2, 0.25) is 10.0 Å². The Kier molecular flexibility index (Phi) is 5.62. The van der Waals surface area contributed by atoms with Crippen molar-refractivity contribution in [3.8, 4) is 0 Å². The zero-order valence-corrected chi connectivity index (χ0v) is 16.5. The van der Waals surface area contributed by atoms with Crippen LogP contribution in [0.4, 0.5) is 5.69 Å². The monoisotopic (exact) mass is 415 g/mol. The van der Waals surface area contributed by atoms with Gasteiger partial charge in [-0.3, -0.25) is 4.79 Å². The van der Waals surface area contributed by atoms with E-state index in [1.807, 2.05) is 0 Å². The average molecular weight is 416 g/mol. The summed E-state index contributed by atoms with van der Waals surface area (Å²) in [6.07, 6.45) is 4.22. The van der Waals surface area contributed by atoms with E-state index >= 15 is 0 Å². The highest BCUT2D eigenvalue weighted by Gasteiger charge is 2.28. The number of hydrogen-bond donors (Lipinski definition) is 1. The van der Waals surface area contributed by atoms with Gasteiger partial charge in [-0.2, -0.15) is 4.31 Å². The summed E-state index contributed by atoms with van der Waals surface area (Å²) in [5.74, 6) is -0.425. The SMILES string of the molecule is Cn1cc(S(=O)(=O)N2CCCCC2)cc1C(=O)Nc1ccc(Cl)c(Cl)c1. The van der Waals surface area contributed by atoms with E-state index in [4.69, 9.17) is 23.2 Å². The van der Waals surface area contributed by atoms with Gasteiger partial charge in [0.1, 0.15) is 10.6 Å². The smallest absolute Gasteiger partial charge is 0.272 e. The first-order chi connectivity index (χ1) is 12.3. The third-order valence-corrected chi connectivity index (χ3v) is 6.95. The molecule has 0 aliphatic carbocycles. The van der Waals surface area contributed by atoms with Crippen LogP contribution in [0.15, 0.2) is 35.4 Å². The fraction of sp³-hybridized carbons (Fsp3) is 0.353. The molecule has 0 spiro atoms. The number of halogens is 2. The van der Waals surface area contributed by atoms with E-state index in [1.54, 1.807) is 19.2 Å². The van der Waals surface area contributed by atoms with Crippen LogP contribution in [0.1, 0.15) is 29.8 Å². The van der Waals surface area contributed by atoms with Gasteiger partial charge < -0.3 is 9.88 Å². The van der Waals surface area contributed by atoms with Crippen LogP contribution in [-0.4, -0.2) is 36.3 Å². The minimum atomic E-state index is -3.59. The lowest BCUT2D eigenvalue weighted by atomic mass is 10.2. The maximum Gasteiger partial charge on any atom is 0.272 e. The van der Waals surface area contributed by atoms with Crippen molar-refractivity contribution in [2.24, 2.45) is 7.05 Å². The Morgan fingerprint density at radius 2 is 1.77 bits per heavy atom. The Hall–Kier alpha value is -1.54. The largest absolute Gasteiger partial charge is 0.345 e. The van der Waals surface area contributed by atoms with E-state index in [9.17, 15) is 13.2 Å². The number of amides is 1. The van der Waals surface area contributed by atoms with Gasteiger partial charge in [-0.15, -0.1) is 0 Å². The Balaban J connectivity index is 1.83. The lowest BCUT2D eigenvalue weighted by molar-refractivity contribution is 0.101. The number of hydrogen-bond acceptors (Lipinski definition) is 3. The van der Waals surface area contributed by atoms with E-state index in [0.29, 0.717) is 28.8 Å². The Bertz CT molecular complexity index is 935. The second kappa shape index (κ2) is 7.60. The fourth-order valence-corrected chi connectivity index (χ4v) is 4.81. The fourth-order valence-electron chi connectivity index (χ4n) is 2.92. The second-order valence-electron chi connectivity index (χ2n) is 6.22. The van der Waals surface area contributed by atoms with E-state index in [2.05, 4.69) is 5.32 Å². The zero-order chi connectivity index (χ0) is 18.9. The maximum atomic E-state index is 12.8. The van der Waals surface area contributed by atoms with Gasteiger partial charge in [0.05, 0.1) is 10.0 Å². The van der Waals surface area contributed by atoms with Gasteiger partial charge in [0, 0.05) is 32.0 Å². The van der Waals surface area contributed by atoms with Crippen molar-refractivity contribution in [2.75, 3.05) is 18.4 Å². The number of anilines is 1. The number of carbonyl (C=O) groups is 1. The summed E-state index contributed by atoms with van der Waals surface area (Å²) in [5, 5.41) is 3.41. The first-order valence-corrected chi connectivity index (χ1v) is 10.4. The summed E-state index contributed by atoms with van der Waals surface area (Å²) in [5.41, 5.74) is 0.720. The molecule has 1 aromatic heterocycles. The molecule has 3 rings (SSSR count). The third-order valence-electron chi connectivity index (χ3n) is 4.34. The van der Waals surface area contributed by atoms with Crippen LogP contribution < -0.4 is 5.32 Å². The van der Waals surface area contributed by atoms with Crippen LogP contribution in [0.25, 0.3) is 0 Å². The molecule has 1 aliphatic heterocycles. The Labute approximate surface area is 162 Å². The molecule has 1 saturated heterocycles. The molecule has 1 N–H and O–H groups in total. The van der Waals surface area contributed by atoms with Gasteiger partial charge >= 0.3 is 0 Å².